The topological polar surface area (TPSA) is 104 Å². The molecule has 0 amide bonds. The Bertz CT molecular complexity index is 1210. The third-order valence-electron chi connectivity index (χ3n) is 4.99. The van der Waals surface area contributed by atoms with Gasteiger partial charge in [0.25, 0.3) is 0 Å². The minimum absolute atomic E-state index is 0.0355. The molecule has 0 unspecified atom stereocenters. The Hall–Kier alpha value is -3.43. The van der Waals surface area contributed by atoms with Crippen molar-refractivity contribution in [3.8, 4) is 11.5 Å². The highest BCUT2D eigenvalue weighted by atomic mass is 32.2. The van der Waals surface area contributed by atoms with Crippen molar-refractivity contribution in [2.45, 2.75) is 37.0 Å². The lowest BCUT2D eigenvalue weighted by molar-refractivity contribution is 0.0472. The highest BCUT2D eigenvalue weighted by Crippen LogP contribution is 2.28. The maximum absolute atomic E-state index is 12.6. The molecule has 2 aromatic carbocycles. The van der Waals surface area contributed by atoms with Crippen LogP contribution in [-0.2, 0) is 28.0 Å². The van der Waals surface area contributed by atoms with Crippen LogP contribution in [0, 0.1) is 0 Å². The van der Waals surface area contributed by atoms with E-state index in [2.05, 4.69) is 9.71 Å². The van der Waals surface area contributed by atoms with E-state index in [0.29, 0.717) is 12.4 Å². The van der Waals surface area contributed by atoms with E-state index < -0.39 is 16.0 Å². The average Bonchev–Trinajstić information content (AvgIpc) is 3.65. The van der Waals surface area contributed by atoms with E-state index >= 15 is 0 Å². The lowest BCUT2D eigenvalue weighted by Gasteiger charge is -2.12. The summed E-state index contributed by atoms with van der Waals surface area (Å²) in [6, 6.07) is 16.9. The highest BCUT2D eigenvalue weighted by molar-refractivity contribution is 7.89. The van der Waals surface area contributed by atoms with Gasteiger partial charge in [0.05, 0.1) is 18.4 Å². The second-order valence-corrected chi connectivity index (χ2v) is 9.27. The van der Waals surface area contributed by atoms with E-state index in [-0.39, 0.29) is 28.9 Å². The van der Waals surface area contributed by atoms with Crippen molar-refractivity contribution in [1.82, 2.24) is 9.71 Å². The molecular weight excluding hydrogens is 444 g/mol. The first kappa shape index (κ1) is 22.8. The Morgan fingerprint density at radius 1 is 1.06 bits per heavy atom. The van der Waals surface area contributed by atoms with Gasteiger partial charge in [-0.2, -0.15) is 0 Å². The zero-order valence-corrected chi connectivity index (χ0v) is 18.9. The molecule has 4 rings (SSSR count). The van der Waals surface area contributed by atoms with Gasteiger partial charge in [0.15, 0.2) is 0 Å². The van der Waals surface area contributed by atoms with Crippen molar-refractivity contribution in [2.75, 3.05) is 7.11 Å². The zero-order valence-electron chi connectivity index (χ0n) is 18.1. The first-order chi connectivity index (χ1) is 15.9. The minimum Gasteiger partial charge on any atom is -0.495 e. The molecule has 0 saturated heterocycles. The van der Waals surface area contributed by atoms with E-state index in [0.717, 1.165) is 24.1 Å². The van der Waals surface area contributed by atoms with E-state index in [1.54, 1.807) is 30.5 Å². The van der Waals surface area contributed by atoms with Gasteiger partial charge in [-0.1, -0.05) is 18.2 Å². The van der Waals surface area contributed by atoms with Crippen molar-refractivity contribution in [2.24, 2.45) is 0 Å². The molecule has 172 valence electrons. The molecule has 1 saturated carbocycles. The number of nitrogens with zero attached hydrogens (tertiary/aromatic N) is 1. The molecule has 0 radical (unpaired) electrons. The van der Waals surface area contributed by atoms with Crippen molar-refractivity contribution < 1.29 is 27.4 Å². The van der Waals surface area contributed by atoms with Crippen molar-refractivity contribution in [1.29, 1.82) is 0 Å². The summed E-state index contributed by atoms with van der Waals surface area (Å²) < 4.78 is 44.1. The summed E-state index contributed by atoms with van der Waals surface area (Å²) in [5, 5.41) is 0. The van der Waals surface area contributed by atoms with Gasteiger partial charge in [-0.15, -0.1) is 0 Å². The predicted molar refractivity (Wildman–Crippen MR) is 120 cm³/mol. The van der Waals surface area contributed by atoms with E-state index in [1.807, 2.05) is 18.2 Å². The molecule has 1 aliphatic carbocycles. The molecule has 0 aliphatic heterocycles. The monoisotopic (exact) mass is 468 g/mol. The van der Waals surface area contributed by atoms with Gasteiger partial charge >= 0.3 is 5.97 Å². The number of carbonyl (C=O) groups is 1. The quantitative estimate of drug-likeness (QED) is 0.455. The molecule has 1 fully saturated rings. The van der Waals surface area contributed by atoms with Crippen LogP contribution in [0.25, 0.3) is 0 Å². The number of pyridine rings is 1. The second-order valence-electron chi connectivity index (χ2n) is 7.59. The third kappa shape index (κ3) is 6.09. The molecule has 1 aromatic heterocycles. The van der Waals surface area contributed by atoms with E-state index in [1.165, 1.54) is 25.3 Å². The Kier molecular flexibility index (Phi) is 6.90. The summed E-state index contributed by atoms with van der Waals surface area (Å²) in [4.78, 5) is 16.7. The summed E-state index contributed by atoms with van der Waals surface area (Å²) >= 11 is 0. The Labute approximate surface area is 192 Å². The highest BCUT2D eigenvalue weighted by Gasteiger charge is 2.30. The Morgan fingerprint density at radius 2 is 1.85 bits per heavy atom. The summed E-state index contributed by atoms with van der Waals surface area (Å²) in [5.41, 5.74) is 1.72. The molecule has 8 nitrogen and oxygen atoms in total. The molecule has 1 aliphatic rings. The first-order valence-corrected chi connectivity index (χ1v) is 11.9. The number of hydrogen-bond acceptors (Lipinski definition) is 7. The number of rotatable bonds is 10. The number of hydrogen-bond donors (Lipinski definition) is 1. The zero-order chi connectivity index (χ0) is 23.3. The number of benzene rings is 2. The van der Waals surface area contributed by atoms with Crippen LogP contribution in [0.4, 0.5) is 0 Å². The number of methoxy groups -OCH3 is 1. The first-order valence-electron chi connectivity index (χ1n) is 10.4. The number of sulfonamides is 1. The summed E-state index contributed by atoms with van der Waals surface area (Å²) in [6.45, 7) is 0.390. The number of ether oxygens (including phenoxy) is 3. The van der Waals surface area contributed by atoms with Gasteiger partial charge in [-0.05, 0) is 60.9 Å². The van der Waals surface area contributed by atoms with Crippen molar-refractivity contribution in [3.63, 3.8) is 0 Å². The number of carbonyl (C=O) groups excluding carboxylic acids is 1. The Morgan fingerprint density at radius 3 is 2.52 bits per heavy atom. The minimum atomic E-state index is -3.79. The molecule has 1 heterocycles. The summed E-state index contributed by atoms with van der Waals surface area (Å²) in [6.07, 6.45) is 3.31. The predicted octanol–water partition coefficient (Wildman–Crippen LogP) is 3.47. The smallest absolute Gasteiger partial charge is 0.338 e. The molecule has 33 heavy (non-hydrogen) atoms. The molecule has 1 N–H and O–H groups in total. The largest absolute Gasteiger partial charge is 0.495 e. The van der Waals surface area contributed by atoms with Gasteiger partial charge in [0.2, 0.25) is 10.0 Å². The maximum Gasteiger partial charge on any atom is 0.338 e. The van der Waals surface area contributed by atoms with Crippen LogP contribution >= 0.6 is 0 Å². The second kappa shape index (κ2) is 10.0. The van der Waals surface area contributed by atoms with Crippen molar-refractivity contribution >= 4 is 16.0 Å². The summed E-state index contributed by atoms with van der Waals surface area (Å²) in [7, 11) is -2.41. The molecule has 0 bridgehead atoms. The lowest BCUT2D eigenvalue weighted by atomic mass is 10.2. The maximum atomic E-state index is 12.6. The number of esters is 1. The van der Waals surface area contributed by atoms with Gasteiger partial charge < -0.3 is 14.2 Å². The standard InChI is InChI=1S/C24H24N2O6S/c1-30-22-12-7-18(14-23(22)33(28,29)26-19-8-9-19)24(27)32-15-17-5-10-21(11-6-17)31-16-20-4-2-3-13-25-20/h2-7,10-14,19,26H,8-9,15-16H2,1H3. The molecular formula is C24H24N2O6S. The molecule has 3 aromatic rings. The summed E-state index contributed by atoms with van der Waals surface area (Å²) in [5.74, 6) is 0.209. The van der Waals surface area contributed by atoms with Crippen LogP contribution in [0.1, 0.15) is 34.5 Å². The average molecular weight is 469 g/mol. The number of aromatic nitrogens is 1. The normalized spacial score (nSPS) is 13.4. The van der Waals surface area contributed by atoms with Crippen LogP contribution < -0.4 is 14.2 Å². The SMILES string of the molecule is COc1ccc(C(=O)OCc2ccc(OCc3ccccn3)cc2)cc1S(=O)(=O)NC1CC1. The van der Waals surface area contributed by atoms with Crippen LogP contribution in [0.15, 0.2) is 71.8 Å². The fourth-order valence-corrected chi connectivity index (χ4v) is 4.55. The Balaban J connectivity index is 1.36. The fourth-order valence-electron chi connectivity index (χ4n) is 3.05. The van der Waals surface area contributed by atoms with Crippen LogP contribution in [0.3, 0.4) is 0 Å². The fraction of sp³-hybridized carbons (Fsp3) is 0.250. The molecule has 0 atom stereocenters. The van der Waals surface area contributed by atoms with Gasteiger partial charge in [-0.3, -0.25) is 4.98 Å². The molecule has 0 spiro atoms. The van der Waals surface area contributed by atoms with Gasteiger partial charge in [-0.25, -0.2) is 17.9 Å². The third-order valence-corrected chi connectivity index (χ3v) is 6.54. The van der Waals surface area contributed by atoms with Gasteiger partial charge in [0, 0.05) is 12.2 Å². The van der Waals surface area contributed by atoms with E-state index in [9.17, 15) is 13.2 Å². The van der Waals surface area contributed by atoms with Crippen molar-refractivity contribution in [3.05, 3.63) is 83.7 Å². The van der Waals surface area contributed by atoms with Crippen LogP contribution in [0.2, 0.25) is 0 Å². The van der Waals surface area contributed by atoms with Crippen LogP contribution in [-0.4, -0.2) is 32.5 Å². The van der Waals surface area contributed by atoms with Gasteiger partial charge in [0.1, 0.15) is 29.6 Å². The van der Waals surface area contributed by atoms with Crippen LogP contribution in [0.5, 0.6) is 11.5 Å². The number of nitrogens with one attached hydrogen (secondary N) is 1. The lowest BCUT2D eigenvalue weighted by Crippen LogP contribution is -2.26. The molecule has 9 heteroatoms. The van der Waals surface area contributed by atoms with E-state index in [4.69, 9.17) is 14.2 Å².